The Morgan fingerprint density at radius 3 is 2.48 bits per heavy atom. The van der Waals surface area contributed by atoms with Crippen molar-refractivity contribution in [2.24, 2.45) is 0 Å². The number of carboxylic acids is 1. The summed E-state index contributed by atoms with van der Waals surface area (Å²) in [5.41, 5.74) is 0.839. The molecule has 0 bridgehead atoms. The molecule has 0 aliphatic carbocycles. The highest BCUT2D eigenvalue weighted by molar-refractivity contribution is 6.12. The predicted molar refractivity (Wildman–Crippen MR) is 94.2 cm³/mol. The van der Waals surface area contributed by atoms with Gasteiger partial charge in [0.25, 0.3) is 5.91 Å². The van der Waals surface area contributed by atoms with Gasteiger partial charge in [-0.05, 0) is 31.4 Å². The van der Waals surface area contributed by atoms with Gasteiger partial charge in [-0.1, -0.05) is 18.2 Å². The van der Waals surface area contributed by atoms with Crippen molar-refractivity contribution in [1.82, 2.24) is 9.80 Å². The summed E-state index contributed by atoms with van der Waals surface area (Å²) < 4.78 is 4.99. The highest BCUT2D eigenvalue weighted by atomic mass is 16.6. The van der Waals surface area contributed by atoms with Crippen LogP contribution in [0.15, 0.2) is 24.3 Å². The van der Waals surface area contributed by atoms with Gasteiger partial charge >= 0.3 is 12.1 Å². The van der Waals surface area contributed by atoms with E-state index in [0.29, 0.717) is 37.1 Å². The molecular weight excluding hydrogens is 352 g/mol. The van der Waals surface area contributed by atoms with Crippen LogP contribution >= 0.6 is 0 Å². The first-order valence-electron chi connectivity index (χ1n) is 9.03. The molecule has 0 spiro atoms. The number of likely N-dealkylation sites (tertiary alicyclic amines) is 1. The van der Waals surface area contributed by atoms with E-state index in [1.165, 1.54) is 4.90 Å². The van der Waals surface area contributed by atoms with Crippen molar-refractivity contribution in [1.29, 1.82) is 0 Å². The molecule has 3 amide bonds. The molecule has 8 nitrogen and oxygen atoms in total. The Hall–Kier alpha value is -2.90. The topological polar surface area (TPSA) is 104 Å². The second-order valence-electron chi connectivity index (χ2n) is 6.67. The molecule has 1 fully saturated rings. The lowest BCUT2D eigenvalue weighted by molar-refractivity contribution is -0.142. The molecule has 1 saturated heterocycles. The molecule has 1 unspecified atom stereocenters. The van der Waals surface area contributed by atoms with Gasteiger partial charge in [-0.15, -0.1) is 0 Å². The van der Waals surface area contributed by atoms with Gasteiger partial charge in [-0.2, -0.15) is 0 Å². The minimum absolute atomic E-state index is 0.287. The standard InChI is InChI=1S/C19H22N2O6/c1-2-27-19(26)20-9-7-12(8-10-20)21-17(24)14-6-4-3-5-13(14)15(18(21)25)11-16(22)23/h3-6,12,15H,2,7-11H2,1H3,(H,22,23). The maximum absolute atomic E-state index is 13.0. The number of aliphatic carboxylic acids is 1. The van der Waals surface area contributed by atoms with E-state index in [1.54, 1.807) is 36.1 Å². The number of amides is 3. The minimum atomic E-state index is -1.09. The monoisotopic (exact) mass is 374 g/mol. The van der Waals surface area contributed by atoms with Gasteiger partial charge in [-0.25, -0.2) is 4.79 Å². The highest BCUT2D eigenvalue weighted by Gasteiger charge is 2.43. The molecule has 8 heteroatoms. The van der Waals surface area contributed by atoms with Crippen molar-refractivity contribution in [3.63, 3.8) is 0 Å². The summed E-state index contributed by atoms with van der Waals surface area (Å²) in [6, 6.07) is 6.30. The highest BCUT2D eigenvalue weighted by Crippen LogP contribution is 2.34. The van der Waals surface area contributed by atoms with Crippen molar-refractivity contribution in [3.05, 3.63) is 35.4 Å². The molecule has 2 aliphatic heterocycles. The van der Waals surface area contributed by atoms with E-state index in [-0.39, 0.29) is 19.1 Å². The van der Waals surface area contributed by atoms with Crippen LogP contribution in [0, 0.1) is 0 Å². The third-order valence-electron chi connectivity index (χ3n) is 5.06. The molecule has 2 aliphatic rings. The SMILES string of the molecule is CCOC(=O)N1CCC(N2C(=O)c3ccccc3C(CC(=O)O)C2=O)CC1. The predicted octanol–water partition coefficient (Wildman–Crippen LogP) is 1.85. The van der Waals surface area contributed by atoms with Crippen LogP contribution in [0.4, 0.5) is 4.79 Å². The summed E-state index contributed by atoms with van der Waals surface area (Å²) in [5, 5.41) is 9.20. The number of carbonyl (C=O) groups is 4. The molecule has 3 rings (SSSR count). The average Bonchev–Trinajstić information content (AvgIpc) is 2.66. The van der Waals surface area contributed by atoms with Gasteiger partial charge in [0.2, 0.25) is 5.91 Å². The van der Waals surface area contributed by atoms with E-state index >= 15 is 0 Å². The third-order valence-corrected chi connectivity index (χ3v) is 5.06. The van der Waals surface area contributed by atoms with Gasteiger partial charge in [-0.3, -0.25) is 19.3 Å². The first kappa shape index (κ1) is 18.9. The Labute approximate surface area is 156 Å². The van der Waals surface area contributed by atoms with Gasteiger partial charge in [0.05, 0.1) is 18.9 Å². The van der Waals surface area contributed by atoms with Crippen LogP contribution in [0.5, 0.6) is 0 Å². The van der Waals surface area contributed by atoms with Gasteiger partial charge in [0, 0.05) is 24.7 Å². The molecule has 144 valence electrons. The van der Waals surface area contributed by atoms with E-state index < -0.39 is 29.8 Å². The fraction of sp³-hybridized carbons (Fsp3) is 0.474. The smallest absolute Gasteiger partial charge is 0.409 e. The number of hydrogen-bond donors (Lipinski definition) is 1. The zero-order valence-electron chi connectivity index (χ0n) is 15.1. The minimum Gasteiger partial charge on any atom is -0.481 e. The van der Waals surface area contributed by atoms with E-state index in [2.05, 4.69) is 0 Å². The number of ether oxygens (including phenoxy) is 1. The summed E-state index contributed by atoms with van der Waals surface area (Å²) in [4.78, 5) is 51.8. The van der Waals surface area contributed by atoms with Crippen LogP contribution in [0.2, 0.25) is 0 Å². The Bertz CT molecular complexity index is 769. The number of nitrogens with zero attached hydrogens (tertiary/aromatic N) is 2. The number of piperidine rings is 1. The number of benzene rings is 1. The van der Waals surface area contributed by atoms with Gasteiger partial charge in [0.1, 0.15) is 0 Å². The first-order valence-corrected chi connectivity index (χ1v) is 9.03. The Balaban J connectivity index is 1.82. The molecule has 1 atom stereocenters. The maximum Gasteiger partial charge on any atom is 0.409 e. The normalized spacial score (nSPS) is 20.4. The molecule has 0 radical (unpaired) electrons. The van der Waals surface area contributed by atoms with Crippen molar-refractivity contribution in [2.75, 3.05) is 19.7 Å². The number of fused-ring (bicyclic) bond motifs is 1. The van der Waals surface area contributed by atoms with E-state index in [4.69, 9.17) is 4.74 Å². The van der Waals surface area contributed by atoms with Gasteiger partial charge < -0.3 is 14.7 Å². The van der Waals surface area contributed by atoms with Crippen molar-refractivity contribution < 1.29 is 29.0 Å². The molecule has 0 aromatic heterocycles. The number of hydrogen-bond acceptors (Lipinski definition) is 5. The maximum atomic E-state index is 13.0. The van der Waals surface area contributed by atoms with E-state index in [1.807, 2.05) is 0 Å². The number of carbonyl (C=O) groups excluding carboxylic acids is 3. The molecular formula is C19H22N2O6. The fourth-order valence-corrected chi connectivity index (χ4v) is 3.77. The molecule has 1 N–H and O–H groups in total. The Kier molecular flexibility index (Phi) is 5.43. The molecule has 1 aromatic carbocycles. The lowest BCUT2D eigenvalue weighted by Crippen LogP contribution is -2.54. The number of carboxylic acid groups (broad SMARTS) is 1. The van der Waals surface area contributed by atoms with Crippen molar-refractivity contribution >= 4 is 23.9 Å². The number of imide groups is 1. The quantitative estimate of drug-likeness (QED) is 0.807. The van der Waals surface area contributed by atoms with E-state index in [0.717, 1.165) is 0 Å². The van der Waals surface area contributed by atoms with Crippen molar-refractivity contribution in [2.45, 2.75) is 38.1 Å². The third kappa shape index (κ3) is 3.65. The lowest BCUT2D eigenvalue weighted by Gasteiger charge is -2.40. The molecule has 0 saturated carbocycles. The van der Waals surface area contributed by atoms with Crippen LogP contribution in [-0.4, -0.2) is 64.5 Å². The van der Waals surface area contributed by atoms with Crippen LogP contribution in [0.25, 0.3) is 0 Å². The van der Waals surface area contributed by atoms with Crippen molar-refractivity contribution in [3.8, 4) is 0 Å². The van der Waals surface area contributed by atoms with Crippen LogP contribution in [0.1, 0.15) is 48.0 Å². The first-order chi connectivity index (χ1) is 12.9. The number of rotatable bonds is 4. The summed E-state index contributed by atoms with van der Waals surface area (Å²) in [6.07, 6.45) is 0.124. The van der Waals surface area contributed by atoms with Gasteiger partial charge in [0.15, 0.2) is 0 Å². The molecule has 1 aromatic rings. The molecule has 2 heterocycles. The second kappa shape index (κ2) is 7.77. The van der Waals surface area contributed by atoms with Crippen LogP contribution < -0.4 is 0 Å². The second-order valence-corrected chi connectivity index (χ2v) is 6.67. The van der Waals surface area contributed by atoms with Crippen LogP contribution in [-0.2, 0) is 14.3 Å². The largest absolute Gasteiger partial charge is 0.481 e. The summed E-state index contributed by atoms with van der Waals surface area (Å²) in [7, 11) is 0. The van der Waals surface area contributed by atoms with E-state index in [9.17, 15) is 24.3 Å². The fourth-order valence-electron chi connectivity index (χ4n) is 3.77. The summed E-state index contributed by atoms with van der Waals surface area (Å²) in [5.74, 6) is -2.84. The average molecular weight is 374 g/mol. The lowest BCUT2D eigenvalue weighted by atomic mass is 9.84. The Morgan fingerprint density at radius 1 is 1.19 bits per heavy atom. The zero-order valence-corrected chi connectivity index (χ0v) is 15.1. The van der Waals surface area contributed by atoms with Crippen LogP contribution in [0.3, 0.4) is 0 Å². The Morgan fingerprint density at radius 2 is 1.85 bits per heavy atom. The molecule has 27 heavy (non-hydrogen) atoms. The zero-order chi connectivity index (χ0) is 19.6. The summed E-state index contributed by atoms with van der Waals surface area (Å²) in [6.45, 7) is 2.78. The summed E-state index contributed by atoms with van der Waals surface area (Å²) >= 11 is 0.